The molecule has 0 rings (SSSR count). The molecule has 0 amide bonds. The molecule has 0 aromatic rings. The van der Waals surface area contributed by atoms with E-state index in [-0.39, 0.29) is 13.2 Å². The van der Waals surface area contributed by atoms with E-state index in [2.05, 4.69) is 9.47 Å². The Morgan fingerprint density at radius 2 is 1.64 bits per heavy atom. The number of hydrogen-bond acceptors (Lipinski definition) is 5. The predicted octanol–water partition coefficient (Wildman–Crippen LogP) is 0.0809. The standard InChI is InChI=1S/C8H13ClO5/c1-3-13-7(11)5(9)6(10)8(12)14-4-2/h5-6,10H,3-4H2,1-2H3. The summed E-state index contributed by atoms with van der Waals surface area (Å²) < 4.78 is 8.99. The van der Waals surface area contributed by atoms with Gasteiger partial charge in [0.25, 0.3) is 0 Å². The number of halogens is 1. The third-order valence-electron chi connectivity index (χ3n) is 1.32. The molecule has 14 heavy (non-hydrogen) atoms. The fourth-order valence-electron chi connectivity index (χ4n) is 0.698. The van der Waals surface area contributed by atoms with Crippen LogP contribution in [0.2, 0.25) is 0 Å². The monoisotopic (exact) mass is 224 g/mol. The topological polar surface area (TPSA) is 72.8 Å². The Hall–Kier alpha value is -0.810. The van der Waals surface area contributed by atoms with E-state index in [4.69, 9.17) is 11.6 Å². The second kappa shape index (κ2) is 6.62. The molecular formula is C8H13ClO5. The Bertz CT molecular complexity index is 184. The molecule has 0 aliphatic rings. The number of carbonyl (C=O) groups excluding carboxylic acids is 2. The van der Waals surface area contributed by atoms with Crippen molar-refractivity contribution in [3.63, 3.8) is 0 Å². The summed E-state index contributed by atoms with van der Waals surface area (Å²) in [4.78, 5) is 21.9. The number of aliphatic hydroxyl groups excluding tert-OH is 1. The fourth-order valence-corrected chi connectivity index (χ4v) is 0.864. The van der Waals surface area contributed by atoms with Crippen LogP contribution >= 0.6 is 11.6 Å². The average molecular weight is 225 g/mol. The van der Waals surface area contributed by atoms with Crippen molar-refractivity contribution < 1.29 is 24.2 Å². The van der Waals surface area contributed by atoms with Gasteiger partial charge in [0.2, 0.25) is 0 Å². The zero-order valence-electron chi connectivity index (χ0n) is 8.03. The number of esters is 2. The Morgan fingerprint density at radius 1 is 1.21 bits per heavy atom. The van der Waals surface area contributed by atoms with Gasteiger partial charge < -0.3 is 14.6 Å². The van der Waals surface area contributed by atoms with E-state index in [0.717, 1.165) is 0 Å². The van der Waals surface area contributed by atoms with Crippen LogP contribution < -0.4 is 0 Å². The quantitative estimate of drug-likeness (QED) is 0.529. The van der Waals surface area contributed by atoms with Gasteiger partial charge >= 0.3 is 11.9 Å². The second-order valence-electron chi connectivity index (χ2n) is 2.35. The van der Waals surface area contributed by atoms with Crippen LogP contribution in [-0.2, 0) is 19.1 Å². The van der Waals surface area contributed by atoms with E-state index in [0.29, 0.717) is 0 Å². The molecule has 0 aromatic heterocycles. The van der Waals surface area contributed by atoms with Gasteiger partial charge in [-0.2, -0.15) is 0 Å². The van der Waals surface area contributed by atoms with Crippen LogP contribution in [0.3, 0.4) is 0 Å². The lowest BCUT2D eigenvalue weighted by Crippen LogP contribution is -2.38. The smallest absolute Gasteiger partial charge is 0.337 e. The molecule has 0 aliphatic heterocycles. The minimum Gasteiger partial charge on any atom is -0.465 e. The molecule has 0 aromatic carbocycles. The van der Waals surface area contributed by atoms with Crippen LogP contribution in [0.15, 0.2) is 0 Å². The molecule has 5 nitrogen and oxygen atoms in total. The lowest BCUT2D eigenvalue weighted by molar-refractivity contribution is -0.159. The molecular weight excluding hydrogens is 212 g/mol. The molecule has 0 heterocycles. The molecule has 0 saturated carbocycles. The maximum Gasteiger partial charge on any atom is 0.337 e. The van der Waals surface area contributed by atoms with Gasteiger partial charge in [0.15, 0.2) is 11.5 Å². The van der Waals surface area contributed by atoms with Gasteiger partial charge in [-0.1, -0.05) is 0 Å². The molecule has 82 valence electrons. The van der Waals surface area contributed by atoms with Crippen LogP contribution in [0.4, 0.5) is 0 Å². The van der Waals surface area contributed by atoms with E-state index in [1.54, 1.807) is 13.8 Å². The number of hydrogen-bond donors (Lipinski definition) is 1. The first-order valence-electron chi connectivity index (χ1n) is 4.20. The van der Waals surface area contributed by atoms with E-state index in [9.17, 15) is 14.7 Å². The van der Waals surface area contributed by atoms with Crippen molar-refractivity contribution in [2.45, 2.75) is 25.3 Å². The minimum absolute atomic E-state index is 0.113. The van der Waals surface area contributed by atoms with Gasteiger partial charge in [-0.3, -0.25) is 4.79 Å². The van der Waals surface area contributed by atoms with E-state index in [1.165, 1.54) is 0 Å². The molecule has 2 atom stereocenters. The van der Waals surface area contributed by atoms with Crippen LogP contribution in [-0.4, -0.2) is 41.7 Å². The van der Waals surface area contributed by atoms with Crippen molar-refractivity contribution in [1.82, 2.24) is 0 Å². The highest BCUT2D eigenvalue weighted by Gasteiger charge is 2.32. The highest BCUT2D eigenvalue weighted by atomic mass is 35.5. The Balaban J connectivity index is 4.16. The SMILES string of the molecule is CCOC(=O)C(O)C(Cl)C(=O)OCC. The first kappa shape index (κ1) is 13.2. The van der Waals surface area contributed by atoms with Crippen LogP contribution in [0.25, 0.3) is 0 Å². The Kier molecular flexibility index (Phi) is 6.23. The Morgan fingerprint density at radius 3 is 2.07 bits per heavy atom. The van der Waals surface area contributed by atoms with Crippen molar-refractivity contribution in [2.75, 3.05) is 13.2 Å². The minimum atomic E-state index is -1.68. The van der Waals surface area contributed by atoms with Gasteiger partial charge in [0.05, 0.1) is 13.2 Å². The average Bonchev–Trinajstić information content (AvgIpc) is 2.16. The molecule has 2 unspecified atom stereocenters. The molecule has 0 aliphatic carbocycles. The normalized spacial score (nSPS) is 14.3. The first-order chi connectivity index (χ1) is 6.54. The van der Waals surface area contributed by atoms with Gasteiger partial charge in [-0.15, -0.1) is 11.6 Å². The molecule has 0 radical (unpaired) electrons. The number of aliphatic hydroxyl groups is 1. The van der Waals surface area contributed by atoms with E-state index >= 15 is 0 Å². The summed E-state index contributed by atoms with van der Waals surface area (Å²) in [6, 6.07) is 0. The van der Waals surface area contributed by atoms with Gasteiger partial charge in [0.1, 0.15) is 0 Å². The molecule has 0 bridgehead atoms. The zero-order valence-corrected chi connectivity index (χ0v) is 8.78. The van der Waals surface area contributed by atoms with E-state index in [1.807, 2.05) is 0 Å². The molecule has 0 saturated heterocycles. The largest absolute Gasteiger partial charge is 0.465 e. The van der Waals surface area contributed by atoms with Crippen molar-refractivity contribution in [3.8, 4) is 0 Å². The predicted molar refractivity (Wildman–Crippen MR) is 48.9 cm³/mol. The van der Waals surface area contributed by atoms with Crippen LogP contribution in [0.1, 0.15) is 13.8 Å². The first-order valence-corrected chi connectivity index (χ1v) is 4.63. The molecule has 1 N–H and O–H groups in total. The van der Waals surface area contributed by atoms with Gasteiger partial charge in [0, 0.05) is 0 Å². The van der Waals surface area contributed by atoms with Gasteiger partial charge in [-0.05, 0) is 13.8 Å². The molecule has 0 fully saturated rings. The van der Waals surface area contributed by atoms with Crippen molar-refractivity contribution in [1.29, 1.82) is 0 Å². The lowest BCUT2D eigenvalue weighted by Gasteiger charge is -2.13. The third-order valence-corrected chi connectivity index (χ3v) is 1.73. The number of carbonyl (C=O) groups is 2. The van der Waals surface area contributed by atoms with Crippen molar-refractivity contribution in [3.05, 3.63) is 0 Å². The maximum absolute atomic E-state index is 11.0. The van der Waals surface area contributed by atoms with Crippen molar-refractivity contribution in [2.24, 2.45) is 0 Å². The Labute approximate surface area is 86.9 Å². The highest BCUT2D eigenvalue weighted by molar-refractivity contribution is 6.31. The molecule has 6 heteroatoms. The summed E-state index contributed by atoms with van der Waals surface area (Å²) in [5.74, 6) is -1.77. The second-order valence-corrected chi connectivity index (χ2v) is 2.82. The summed E-state index contributed by atoms with van der Waals surface area (Å²) in [6.45, 7) is 3.43. The number of alkyl halides is 1. The van der Waals surface area contributed by atoms with E-state index < -0.39 is 23.4 Å². The number of rotatable bonds is 5. The van der Waals surface area contributed by atoms with Gasteiger partial charge in [-0.25, -0.2) is 4.79 Å². The summed E-state index contributed by atoms with van der Waals surface area (Å²) in [5.41, 5.74) is 0. The fraction of sp³-hybridized carbons (Fsp3) is 0.750. The summed E-state index contributed by atoms with van der Waals surface area (Å²) in [6.07, 6.45) is -1.68. The van der Waals surface area contributed by atoms with Crippen molar-refractivity contribution >= 4 is 23.5 Å². The lowest BCUT2D eigenvalue weighted by atomic mass is 10.2. The summed E-state index contributed by atoms with van der Waals surface area (Å²) in [7, 11) is 0. The third kappa shape index (κ3) is 3.93. The van der Waals surface area contributed by atoms with Crippen LogP contribution in [0.5, 0.6) is 0 Å². The molecule has 0 spiro atoms. The van der Waals surface area contributed by atoms with Crippen LogP contribution in [0, 0.1) is 0 Å². The summed E-state index contributed by atoms with van der Waals surface area (Å²) in [5, 5.41) is 7.78. The number of ether oxygens (including phenoxy) is 2. The maximum atomic E-state index is 11.0. The zero-order chi connectivity index (χ0) is 11.1. The highest BCUT2D eigenvalue weighted by Crippen LogP contribution is 2.07. The summed E-state index contributed by atoms with van der Waals surface area (Å²) >= 11 is 5.47.